The van der Waals surface area contributed by atoms with Gasteiger partial charge in [0.1, 0.15) is 0 Å². The molecule has 0 aliphatic heterocycles. The maximum Gasteiger partial charge on any atom is 0.0628 e. The fourth-order valence-electron chi connectivity index (χ4n) is 3.38. The lowest BCUT2D eigenvalue weighted by atomic mass is 9.94. The lowest BCUT2D eigenvalue weighted by molar-refractivity contribution is 0.596. The molecule has 0 heterocycles. The summed E-state index contributed by atoms with van der Waals surface area (Å²) in [5.41, 5.74) is 3.68. The summed E-state index contributed by atoms with van der Waals surface area (Å²) in [7, 11) is 0. The second-order valence-electron chi connectivity index (χ2n) is 6.54. The van der Waals surface area contributed by atoms with Crippen LogP contribution in [0.1, 0.15) is 36.4 Å². The second kappa shape index (κ2) is 8.87. The molecule has 3 rings (SSSR count). The Bertz CT molecular complexity index is 822. The van der Waals surface area contributed by atoms with Crippen molar-refractivity contribution in [1.29, 1.82) is 5.26 Å². The number of rotatable bonds is 7. The molecular weight excluding hydrogens is 316 g/mol. The van der Waals surface area contributed by atoms with Crippen LogP contribution in [0.2, 0.25) is 0 Å². The number of hydrogen-bond acceptors (Lipinski definition) is 2. The zero-order valence-electron chi connectivity index (χ0n) is 15.1. The number of nitrogens with zero attached hydrogens (tertiary/aromatic N) is 2. The molecule has 0 saturated heterocycles. The first-order valence-corrected chi connectivity index (χ1v) is 9.08. The molecule has 26 heavy (non-hydrogen) atoms. The first kappa shape index (κ1) is 17.8. The lowest BCUT2D eigenvalue weighted by Crippen LogP contribution is -2.31. The van der Waals surface area contributed by atoms with Crippen molar-refractivity contribution in [3.63, 3.8) is 0 Å². The predicted octanol–water partition coefficient (Wildman–Crippen LogP) is 5.95. The third-order valence-electron chi connectivity index (χ3n) is 4.86. The maximum absolute atomic E-state index is 9.37. The van der Waals surface area contributed by atoms with Gasteiger partial charge in [-0.15, -0.1) is 0 Å². The SMILES string of the molecule is CC(c1ccccc1)N(CC(CC#N)c1ccccc1)c1ccccc1. The molecule has 3 aromatic carbocycles. The summed E-state index contributed by atoms with van der Waals surface area (Å²) in [5, 5.41) is 9.37. The monoisotopic (exact) mass is 340 g/mol. The van der Waals surface area contributed by atoms with E-state index >= 15 is 0 Å². The third kappa shape index (κ3) is 4.32. The molecule has 3 aromatic rings. The molecule has 0 radical (unpaired) electrons. The molecule has 0 spiro atoms. The molecule has 0 aliphatic carbocycles. The Kier molecular flexibility index (Phi) is 6.06. The van der Waals surface area contributed by atoms with Gasteiger partial charge in [0.2, 0.25) is 0 Å². The molecule has 0 bridgehead atoms. The van der Waals surface area contributed by atoms with Crippen molar-refractivity contribution in [2.24, 2.45) is 0 Å². The second-order valence-corrected chi connectivity index (χ2v) is 6.54. The van der Waals surface area contributed by atoms with Crippen molar-refractivity contribution >= 4 is 5.69 Å². The molecule has 0 fully saturated rings. The number of para-hydroxylation sites is 1. The van der Waals surface area contributed by atoms with Crippen LogP contribution in [0, 0.1) is 11.3 Å². The van der Waals surface area contributed by atoms with E-state index in [9.17, 15) is 5.26 Å². The fraction of sp³-hybridized carbons (Fsp3) is 0.208. The van der Waals surface area contributed by atoms with Gasteiger partial charge in [-0.05, 0) is 30.2 Å². The first-order chi connectivity index (χ1) is 12.8. The van der Waals surface area contributed by atoms with Crippen LogP contribution in [0.3, 0.4) is 0 Å². The van der Waals surface area contributed by atoms with Gasteiger partial charge in [-0.2, -0.15) is 5.26 Å². The highest BCUT2D eigenvalue weighted by molar-refractivity contribution is 5.49. The average Bonchev–Trinajstić information content (AvgIpc) is 2.72. The van der Waals surface area contributed by atoms with E-state index in [1.807, 2.05) is 30.3 Å². The molecule has 2 atom stereocenters. The zero-order valence-corrected chi connectivity index (χ0v) is 15.1. The van der Waals surface area contributed by atoms with E-state index in [0.29, 0.717) is 6.42 Å². The summed E-state index contributed by atoms with van der Waals surface area (Å²) in [6, 6.07) is 34.0. The van der Waals surface area contributed by atoms with E-state index in [1.54, 1.807) is 0 Å². The normalized spacial score (nSPS) is 12.8. The summed E-state index contributed by atoms with van der Waals surface area (Å²) in [6.07, 6.45) is 0.509. The highest BCUT2D eigenvalue weighted by atomic mass is 15.2. The molecule has 0 saturated carbocycles. The van der Waals surface area contributed by atoms with Crippen LogP contribution in [-0.4, -0.2) is 6.54 Å². The van der Waals surface area contributed by atoms with Crippen molar-refractivity contribution in [1.82, 2.24) is 0 Å². The highest BCUT2D eigenvalue weighted by Crippen LogP contribution is 2.31. The minimum absolute atomic E-state index is 0.174. The lowest BCUT2D eigenvalue weighted by Gasteiger charge is -2.34. The molecule has 2 nitrogen and oxygen atoms in total. The molecule has 0 aliphatic rings. The van der Waals surface area contributed by atoms with Crippen molar-refractivity contribution in [3.05, 3.63) is 102 Å². The standard InChI is InChI=1S/C24H24N2/c1-20(21-11-5-2-6-12-21)26(24-15-9-4-10-16-24)19-23(17-18-25)22-13-7-3-8-14-22/h2-16,20,23H,17,19H2,1H3. The number of anilines is 1. The minimum atomic E-state index is 0.174. The molecular formula is C24H24N2. The highest BCUT2D eigenvalue weighted by Gasteiger charge is 2.21. The Morgan fingerprint density at radius 3 is 1.81 bits per heavy atom. The number of hydrogen-bond donors (Lipinski definition) is 0. The molecule has 0 N–H and O–H groups in total. The van der Waals surface area contributed by atoms with Gasteiger partial charge < -0.3 is 4.90 Å². The molecule has 2 heteroatoms. The Morgan fingerprint density at radius 1 is 0.769 bits per heavy atom. The van der Waals surface area contributed by atoms with Gasteiger partial charge in [-0.3, -0.25) is 0 Å². The van der Waals surface area contributed by atoms with Gasteiger partial charge in [-0.25, -0.2) is 0 Å². The van der Waals surface area contributed by atoms with Gasteiger partial charge in [0.25, 0.3) is 0 Å². The van der Waals surface area contributed by atoms with E-state index in [0.717, 1.165) is 6.54 Å². The van der Waals surface area contributed by atoms with Crippen LogP contribution in [0.25, 0.3) is 0 Å². The Hall–Kier alpha value is -3.05. The summed E-state index contributed by atoms with van der Waals surface area (Å²) >= 11 is 0. The Morgan fingerprint density at radius 2 is 1.27 bits per heavy atom. The van der Waals surface area contributed by atoms with Gasteiger partial charge in [0.15, 0.2) is 0 Å². The Balaban J connectivity index is 1.94. The molecule has 130 valence electrons. The quantitative estimate of drug-likeness (QED) is 0.531. The fourth-order valence-corrected chi connectivity index (χ4v) is 3.38. The van der Waals surface area contributed by atoms with Crippen LogP contribution in [0.5, 0.6) is 0 Å². The molecule has 0 aromatic heterocycles. The van der Waals surface area contributed by atoms with Crippen LogP contribution in [-0.2, 0) is 0 Å². The molecule has 2 unspecified atom stereocenters. The summed E-state index contributed by atoms with van der Waals surface area (Å²) in [5.74, 6) is 0.174. The maximum atomic E-state index is 9.37. The average molecular weight is 340 g/mol. The third-order valence-corrected chi connectivity index (χ3v) is 4.86. The first-order valence-electron chi connectivity index (χ1n) is 9.08. The Labute approximate surface area is 156 Å². The van der Waals surface area contributed by atoms with Crippen LogP contribution < -0.4 is 4.90 Å². The van der Waals surface area contributed by atoms with Crippen LogP contribution in [0.15, 0.2) is 91.0 Å². The smallest absolute Gasteiger partial charge is 0.0628 e. The zero-order chi connectivity index (χ0) is 18.2. The van der Waals surface area contributed by atoms with E-state index in [-0.39, 0.29) is 12.0 Å². The van der Waals surface area contributed by atoms with Crippen LogP contribution >= 0.6 is 0 Å². The van der Waals surface area contributed by atoms with Crippen molar-refractivity contribution in [3.8, 4) is 6.07 Å². The topological polar surface area (TPSA) is 27.0 Å². The van der Waals surface area contributed by atoms with Crippen molar-refractivity contribution in [2.45, 2.75) is 25.3 Å². The molecule has 0 amide bonds. The van der Waals surface area contributed by atoms with Gasteiger partial charge in [0, 0.05) is 24.6 Å². The summed E-state index contributed by atoms with van der Waals surface area (Å²) in [4.78, 5) is 2.41. The summed E-state index contributed by atoms with van der Waals surface area (Å²) < 4.78 is 0. The van der Waals surface area contributed by atoms with Gasteiger partial charge in [-0.1, -0.05) is 78.9 Å². The van der Waals surface area contributed by atoms with E-state index in [1.165, 1.54) is 16.8 Å². The number of nitriles is 1. The predicted molar refractivity (Wildman–Crippen MR) is 108 cm³/mol. The largest absolute Gasteiger partial charge is 0.364 e. The van der Waals surface area contributed by atoms with Crippen molar-refractivity contribution < 1.29 is 0 Å². The van der Waals surface area contributed by atoms with Gasteiger partial charge in [0.05, 0.1) is 12.1 Å². The van der Waals surface area contributed by atoms with Gasteiger partial charge >= 0.3 is 0 Å². The van der Waals surface area contributed by atoms with Crippen LogP contribution in [0.4, 0.5) is 5.69 Å². The van der Waals surface area contributed by atoms with Crippen molar-refractivity contribution in [2.75, 3.05) is 11.4 Å². The minimum Gasteiger partial charge on any atom is -0.364 e. The van der Waals surface area contributed by atoms with E-state index < -0.39 is 0 Å². The number of benzene rings is 3. The van der Waals surface area contributed by atoms with E-state index in [4.69, 9.17) is 0 Å². The summed E-state index contributed by atoms with van der Waals surface area (Å²) in [6.45, 7) is 3.04. The van der Waals surface area contributed by atoms with E-state index in [2.05, 4.69) is 78.6 Å².